The molecule has 0 aliphatic heterocycles. The first-order valence-electron chi connectivity index (χ1n) is 10.5. The topological polar surface area (TPSA) is 70.6 Å². The van der Waals surface area contributed by atoms with E-state index in [-0.39, 0.29) is 12.0 Å². The second-order valence-electron chi connectivity index (χ2n) is 8.20. The lowest BCUT2D eigenvalue weighted by Gasteiger charge is -2.26. The summed E-state index contributed by atoms with van der Waals surface area (Å²) in [4.78, 5) is 12.2. The number of carbonyl (C=O) groups is 1. The highest BCUT2D eigenvalue weighted by Crippen LogP contribution is 2.30. The Morgan fingerprint density at radius 2 is 1.86 bits per heavy atom. The summed E-state index contributed by atoms with van der Waals surface area (Å²) >= 11 is 0. The lowest BCUT2D eigenvalue weighted by Crippen LogP contribution is -2.49. The van der Waals surface area contributed by atoms with E-state index in [4.69, 9.17) is 4.74 Å². The highest BCUT2D eigenvalue weighted by Gasteiger charge is 2.26. The summed E-state index contributed by atoms with van der Waals surface area (Å²) in [5.74, 6) is 0.266. The van der Waals surface area contributed by atoms with Gasteiger partial charge in [0.15, 0.2) is 0 Å². The van der Waals surface area contributed by atoms with Crippen LogP contribution in [0.3, 0.4) is 0 Å². The van der Waals surface area contributed by atoms with E-state index in [1.165, 1.54) is 11.1 Å². The van der Waals surface area contributed by atoms with Crippen LogP contribution in [0.5, 0.6) is 0 Å². The SMILES string of the molecule is CC(C)COC(=O)N[C@@H](Cc1ccccc1)[C@@H](O)CN[C@@H]1CCc2ccccc21. The van der Waals surface area contributed by atoms with E-state index in [1.807, 2.05) is 44.2 Å². The Labute approximate surface area is 173 Å². The second-order valence-corrected chi connectivity index (χ2v) is 8.20. The first kappa shape index (κ1) is 21.3. The molecule has 3 atom stereocenters. The Hall–Kier alpha value is -2.37. The monoisotopic (exact) mass is 396 g/mol. The predicted molar refractivity (Wildman–Crippen MR) is 115 cm³/mol. The van der Waals surface area contributed by atoms with E-state index in [0.29, 0.717) is 19.6 Å². The van der Waals surface area contributed by atoms with Crippen LogP contribution in [0, 0.1) is 5.92 Å². The third kappa shape index (κ3) is 6.31. The van der Waals surface area contributed by atoms with Crippen LogP contribution in [0.2, 0.25) is 0 Å². The molecular weight excluding hydrogens is 364 g/mol. The minimum absolute atomic E-state index is 0.242. The average molecular weight is 397 g/mol. The Morgan fingerprint density at radius 1 is 1.14 bits per heavy atom. The number of aryl methyl sites for hydroxylation is 1. The maximum atomic E-state index is 12.2. The van der Waals surface area contributed by atoms with Gasteiger partial charge in [0.05, 0.1) is 18.8 Å². The quantitative estimate of drug-likeness (QED) is 0.605. The predicted octanol–water partition coefficient (Wildman–Crippen LogP) is 3.62. The highest BCUT2D eigenvalue weighted by molar-refractivity contribution is 5.67. The van der Waals surface area contributed by atoms with Crippen molar-refractivity contribution in [1.29, 1.82) is 0 Å². The Morgan fingerprint density at radius 3 is 2.62 bits per heavy atom. The Kier molecular flexibility index (Phi) is 7.67. The number of rotatable bonds is 9. The van der Waals surface area contributed by atoms with Crippen LogP contribution in [0.1, 0.15) is 43.0 Å². The van der Waals surface area contributed by atoms with Crippen molar-refractivity contribution in [2.75, 3.05) is 13.2 Å². The number of amides is 1. The van der Waals surface area contributed by atoms with Crippen molar-refractivity contribution < 1.29 is 14.6 Å². The number of carbonyl (C=O) groups excluding carboxylic acids is 1. The molecule has 0 saturated carbocycles. The van der Waals surface area contributed by atoms with Gasteiger partial charge in [-0.25, -0.2) is 4.79 Å². The summed E-state index contributed by atoms with van der Waals surface area (Å²) in [5, 5.41) is 17.2. The van der Waals surface area contributed by atoms with Crippen molar-refractivity contribution in [3.8, 4) is 0 Å². The van der Waals surface area contributed by atoms with Gasteiger partial charge in [0.2, 0.25) is 0 Å². The molecular formula is C24H32N2O3. The smallest absolute Gasteiger partial charge is 0.407 e. The third-order valence-electron chi connectivity index (χ3n) is 5.32. The van der Waals surface area contributed by atoms with Gasteiger partial charge in [0.1, 0.15) is 0 Å². The van der Waals surface area contributed by atoms with Crippen LogP contribution < -0.4 is 10.6 Å². The summed E-state index contributed by atoms with van der Waals surface area (Å²) in [7, 11) is 0. The van der Waals surface area contributed by atoms with Crippen molar-refractivity contribution in [2.45, 2.75) is 51.3 Å². The number of aliphatic hydroxyl groups is 1. The van der Waals surface area contributed by atoms with Crippen molar-refractivity contribution in [2.24, 2.45) is 5.92 Å². The van der Waals surface area contributed by atoms with Gasteiger partial charge in [-0.2, -0.15) is 0 Å². The summed E-state index contributed by atoms with van der Waals surface area (Å²) in [6.07, 6.45) is 1.41. The number of fused-ring (bicyclic) bond motifs is 1. The summed E-state index contributed by atoms with van der Waals surface area (Å²) in [6.45, 7) is 4.75. The molecule has 3 N–H and O–H groups in total. The summed E-state index contributed by atoms with van der Waals surface area (Å²) in [5.41, 5.74) is 3.74. The van der Waals surface area contributed by atoms with Crippen LogP contribution >= 0.6 is 0 Å². The molecule has 2 aromatic carbocycles. The van der Waals surface area contributed by atoms with Gasteiger partial charge in [-0.05, 0) is 41.9 Å². The number of aliphatic hydroxyl groups excluding tert-OH is 1. The minimum atomic E-state index is -0.727. The fraction of sp³-hybridized carbons (Fsp3) is 0.458. The van der Waals surface area contributed by atoms with Gasteiger partial charge in [-0.3, -0.25) is 0 Å². The second kappa shape index (κ2) is 10.4. The number of hydrogen-bond acceptors (Lipinski definition) is 4. The zero-order chi connectivity index (χ0) is 20.6. The molecule has 29 heavy (non-hydrogen) atoms. The van der Waals surface area contributed by atoms with Crippen LogP contribution in [0.15, 0.2) is 54.6 Å². The molecule has 156 valence electrons. The summed E-state index contributed by atoms with van der Waals surface area (Å²) < 4.78 is 5.26. The molecule has 0 fully saturated rings. The molecule has 1 aliphatic carbocycles. The van der Waals surface area contributed by atoms with Crippen molar-refractivity contribution in [3.63, 3.8) is 0 Å². The van der Waals surface area contributed by atoms with Gasteiger partial charge >= 0.3 is 6.09 Å². The zero-order valence-electron chi connectivity index (χ0n) is 17.3. The first-order chi connectivity index (χ1) is 14.0. The van der Waals surface area contributed by atoms with Crippen LogP contribution in [0.4, 0.5) is 4.79 Å². The lowest BCUT2D eigenvalue weighted by atomic mass is 10.0. The fourth-order valence-corrected chi connectivity index (χ4v) is 3.76. The number of hydrogen-bond donors (Lipinski definition) is 3. The molecule has 1 amide bonds. The molecule has 1 aliphatic rings. The Balaban J connectivity index is 1.60. The van der Waals surface area contributed by atoms with Crippen molar-refractivity contribution >= 4 is 6.09 Å². The van der Waals surface area contributed by atoms with E-state index in [9.17, 15) is 9.90 Å². The third-order valence-corrected chi connectivity index (χ3v) is 5.32. The maximum Gasteiger partial charge on any atom is 0.407 e. The fourth-order valence-electron chi connectivity index (χ4n) is 3.76. The molecule has 0 aromatic heterocycles. The van der Waals surface area contributed by atoms with Gasteiger partial charge < -0.3 is 20.5 Å². The molecule has 3 rings (SSSR count). The number of alkyl carbamates (subject to hydrolysis) is 1. The first-order valence-corrected chi connectivity index (χ1v) is 10.5. The largest absolute Gasteiger partial charge is 0.449 e. The molecule has 5 nitrogen and oxygen atoms in total. The molecule has 0 bridgehead atoms. The molecule has 0 heterocycles. The maximum absolute atomic E-state index is 12.2. The molecule has 0 radical (unpaired) electrons. The normalized spacial score (nSPS) is 17.6. The lowest BCUT2D eigenvalue weighted by molar-refractivity contribution is 0.0966. The highest BCUT2D eigenvalue weighted by atomic mass is 16.5. The van der Waals surface area contributed by atoms with Crippen LogP contribution in [0.25, 0.3) is 0 Å². The standard InChI is InChI=1S/C24H32N2O3/c1-17(2)16-29-24(28)26-22(14-18-8-4-3-5-9-18)23(27)15-25-21-13-12-19-10-6-7-11-20(19)21/h3-11,17,21-23,25,27H,12-16H2,1-2H3,(H,26,28)/t21-,22+,23+/m1/s1. The van der Waals surface area contributed by atoms with E-state index < -0.39 is 18.2 Å². The average Bonchev–Trinajstić information content (AvgIpc) is 3.14. The van der Waals surface area contributed by atoms with Gasteiger partial charge in [-0.15, -0.1) is 0 Å². The zero-order valence-corrected chi connectivity index (χ0v) is 17.3. The molecule has 2 aromatic rings. The number of nitrogens with one attached hydrogen (secondary N) is 2. The number of benzene rings is 2. The minimum Gasteiger partial charge on any atom is -0.449 e. The van der Waals surface area contributed by atoms with E-state index in [1.54, 1.807) is 0 Å². The van der Waals surface area contributed by atoms with E-state index >= 15 is 0 Å². The van der Waals surface area contributed by atoms with E-state index in [2.05, 4.69) is 34.9 Å². The number of ether oxygens (including phenoxy) is 1. The van der Waals surface area contributed by atoms with Crippen LogP contribution in [-0.2, 0) is 17.6 Å². The van der Waals surface area contributed by atoms with E-state index in [0.717, 1.165) is 18.4 Å². The van der Waals surface area contributed by atoms with Gasteiger partial charge in [0, 0.05) is 12.6 Å². The van der Waals surface area contributed by atoms with Crippen molar-refractivity contribution in [1.82, 2.24) is 10.6 Å². The summed E-state index contributed by atoms with van der Waals surface area (Å²) in [6, 6.07) is 18.1. The molecule has 0 saturated heterocycles. The van der Waals surface area contributed by atoms with Crippen molar-refractivity contribution in [3.05, 3.63) is 71.3 Å². The van der Waals surface area contributed by atoms with Crippen LogP contribution in [-0.4, -0.2) is 36.5 Å². The van der Waals surface area contributed by atoms with Gasteiger partial charge in [-0.1, -0.05) is 68.4 Å². The van der Waals surface area contributed by atoms with Gasteiger partial charge in [0.25, 0.3) is 0 Å². The molecule has 0 unspecified atom stereocenters. The molecule has 0 spiro atoms. The Bertz CT molecular complexity index is 779. The molecule has 5 heteroatoms.